The van der Waals surface area contributed by atoms with E-state index < -0.39 is 8.59 Å². The molecule has 0 heterocycles. The van der Waals surface area contributed by atoms with Crippen LogP contribution in [-0.4, -0.2) is 21.2 Å². The summed E-state index contributed by atoms with van der Waals surface area (Å²) in [6, 6.07) is 0. The van der Waals surface area contributed by atoms with Gasteiger partial charge in [0.1, 0.15) is 8.59 Å². The highest BCUT2D eigenvalue weighted by Gasteiger charge is 2.16. The third-order valence-electron chi connectivity index (χ3n) is 1.59. The monoisotopic (exact) mass is 329 g/mol. The van der Waals surface area contributed by atoms with Gasteiger partial charge in [0.15, 0.2) is 0 Å². The molecule has 96 valence electrons. The Labute approximate surface area is 117 Å². The molecule has 1 N–H and O–H groups in total. The molecule has 0 saturated heterocycles. The second-order valence-electron chi connectivity index (χ2n) is 4.60. The van der Waals surface area contributed by atoms with Crippen molar-refractivity contribution in [3.63, 3.8) is 0 Å². The molecule has 0 rings (SSSR count). The number of thiol groups is 2. The summed E-state index contributed by atoms with van der Waals surface area (Å²) >= 11 is 11.8. The van der Waals surface area contributed by atoms with Crippen LogP contribution in [0, 0.1) is 0 Å². The molecule has 0 aliphatic rings. The molecule has 0 fully saturated rings. The Balaban J connectivity index is 3.50. The zero-order valence-corrected chi connectivity index (χ0v) is 13.3. The first kappa shape index (κ1) is 16.4. The van der Waals surface area contributed by atoms with E-state index in [1.54, 1.807) is 0 Å². The highest BCUT2D eigenvalue weighted by atomic mass is 79.9. The number of halogens is 1. The number of ether oxygens (including phenoxy) is 1. The minimum absolute atomic E-state index is 0.366. The molecule has 16 heavy (non-hydrogen) atoms. The number of hydrogen-bond acceptors (Lipinski definition) is 4. The van der Waals surface area contributed by atoms with Gasteiger partial charge in [-0.15, -0.1) is 0 Å². The van der Waals surface area contributed by atoms with Crippen LogP contribution in [-0.2, 0) is 4.74 Å². The van der Waals surface area contributed by atoms with Gasteiger partial charge >= 0.3 is 6.09 Å². The molecule has 0 aliphatic heterocycles. The zero-order valence-electron chi connectivity index (χ0n) is 9.92. The summed E-state index contributed by atoms with van der Waals surface area (Å²) in [4.78, 5) is 11.2. The van der Waals surface area contributed by atoms with Crippen LogP contribution in [0.5, 0.6) is 0 Å². The van der Waals surface area contributed by atoms with Crippen LogP contribution in [0.4, 0.5) is 4.79 Å². The lowest BCUT2D eigenvalue weighted by Gasteiger charge is -2.19. The number of amides is 1. The van der Waals surface area contributed by atoms with E-state index >= 15 is 0 Å². The Morgan fingerprint density at radius 2 is 1.88 bits per heavy atom. The molecule has 0 atom stereocenters. The van der Waals surface area contributed by atoms with E-state index in [0.717, 1.165) is 19.3 Å². The average molecular weight is 330 g/mol. The van der Waals surface area contributed by atoms with Gasteiger partial charge < -0.3 is 10.1 Å². The van der Waals surface area contributed by atoms with Crippen molar-refractivity contribution < 1.29 is 9.53 Å². The number of rotatable bonds is 5. The number of carbonyl (C=O) groups is 1. The van der Waals surface area contributed by atoms with Crippen molar-refractivity contribution in [3.05, 3.63) is 0 Å². The van der Waals surface area contributed by atoms with Crippen LogP contribution in [0.2, 0.25) is 0 Å². The van der Waals surface area contributed by atoms with Crippen molar-refractivity contribution in [2.24, 2.45) is 0 Å². The van der Waals surface area contributed by atoms with Crippen LogP contribution < -0.4 is 5.32 Å². The SMILES string of the molecule is CC(C)(C)OC(=O)NCCCCC(S)(S)Br. The Morgan fingerprint density at radius 1 is 1.31 bits per heavy atom. The standard InChI is InChI=1S/C10H20BrNO2S2/c1-9(2,3)14-8(13)12-7-5-4-6-10(11,15)16/h15-16H,4-7H2,1-3H3,(H,12,13). The van der Waals surface area contributed by atoms with Gasteiger partial charge in [0.05, 0.1) is 0 Å². The number of unbranched alkanes of at least 4 members (excludes halogenated alkanes) is 1. The van der Waals surface area contributed by atoms with Gasteiger partial charge in [-0.2, -0.15) is 25.3 Å². The third-order valence-corrected chi connectivity index (χ3v) is 2.43. The van der Waals surface area contributed by atoms with Crippen molar-refractivity contribution in [1.82, 2.24) is 5.32 Å². The van der Waals surface area contributed by atoms with Crippen molar-refractivity contribution in [2.45, 2.75) is 48.6 Å². The van der Waals surface area contributed by atoms with E-state index in [2.05, 4.69) is 46.5 Å². The van der Waals surface area contributed by atoms with Gasteiger partial charge in [0.2, 0.25) is 0 Å². The van der Waals surface area contributed by atoms with Crippen molar-refractivity contribution >= 4 is 47.3 Å². The Morgan fingerprint density at radius 3 is 2.31 bits per heavy atom. The molecule has 0 aliphatic carbocycles. The second kappa shape index (κ2) is 7.01. The number of nitrogens with one attached hydrogen (secondary N) is 1. The van der Waals surface area contributed by atoms with Crippen molar-refractivity contribution in [1.29, 1.82) is 0 Å². The zero-order chi connectivity index (χ0) is 12.8. The molecule has 0 aromatic heterocycles. The quantitative estimate of drug-likeness (QED) is 0.312. The molecule has 0 spiro atoms. The molecule has 1 amide bonds. The minimum atomic E-state index is -0.439. The topological polar surface area (TPSA) is 38.3 Å². The van der Waals surface area contributed by atoms with Gasteiger partial charge in [0.25, 0.3) is 0 Å². The summed E-state index contributed by atoms with van der Waals surface area (Å²) in [5.74, 6) is 0. The molecule has 0 aromatic rings. The van der Waals surface area contributed by atoms with E-state index in [1.165, 1.54) is 0 Å². The minimum Gasteiger partial charge on any atom is -0.444 e. The normalized spacial score (nSPS) is 12.4. The van der Waals surface area contributed by atoms with Crippen molar-refractivity contribution in [3.8, 4) is 0 Å². The molecule has 0 saturated carbocycles. The van der Waals surface area contributed by atoms with Gasteiger partial charge in [-0.05, 0) is 40.0 Å². The van der Waals surface area contributed by atoms with Gasteiger partial charge in [-0.1, -0.05) is 15.9 Å². The smallest absolute Gasteiger partial charge is 0.407 e. The fourth-order valence-corrected chi connectivity index (χ4v) is 1.58. The largest absolute Gasteiger partial charge is 0.444 e. The molecule has 0 aromatic carbocycles. The Bertz CT molecular complexity index is 224. The first-order valence-corrected chi connectivity index (χ1v) is 6.89. The lowest BCUT2D eigenvalue weighted by atomic mass is 10.2. The van der Waals surface area contributed by atoms with Gasteiger partial charge in [0, 0.05) is 6.54 Å². The van der Waals surface area contributed by atoms with Crippen LogP contribution in [0.15, 0.2) is 0 Å². The maximum atomic E-state index is 11.2. The summed E-state index contributed by atoms with van der Waals surface area (Å²) in [7, 11) is 0. The summed E-state index contributed by atoms with van der Waals surface area (Å²) in [6.45, 7) is 6.13. The van der Waals surface area contributed by atoms with Crippen LogP contribution >= 0.6 is 41.2 Å². The molecular weight excluding hydrogens is 310 g/mol. The highest BCUT2D eigenvalue weighted by Crippen LogP contribution is 2.32. The molecule has 6 heteroatoms. The maximum Gasteiger partial charge on any atom is 0.407 e. The summed E-state index contributed by atoms with van der Waals surface area (Å²) in [6.07, 6.45) is 2.28. The summed E-state index contributed by atoms with van der Waals surface area (Å²) in [5.41, 5.74) is -0.439. The third kappa shape index (κ3) is 12.5. The van der Waals surface area contributed by atoms with Crippen molar-refractivity contribution in [2.75, 3.05) is 6.54 Å². The molecule has 0 unspecified atom stereocenters. The number of alkyl halides is 1. The second-order valence-corrected chi connectivity index (χ2v) is 9.06. The maximum absolute atomic E-state index is 11.2. The highest BCUT2D eigenvalue weighted by molar-refractivity contribution is 9.13. The average Bonchev–Trinajstić information content (AvgIpc) is 1.97. The molecule has 3 nitrogen and oxygen atoms in total. The summed E-state index contributed by atoms with van der Waals surface area (Å²) in [5, 5.41) is 2.70. The molecular formula is C10H20BrNO2S2. The fraction of sp³-hybridized carbons (Fsp3) is 0.900. The number of alkyl carbamates (subject to hydrolysis) is 1. The van der Waals surface area contributed by atoms with E-state index in [1.807, 2.05) is 20.8 Å². The predicted molar refractivity (Wildman–Crippen MR) is 77.7 cm³/mol. The van der Waals surface area contributed by atoms with E-state index in [0.29, 0.717) is 6.54 Å². The first-order chi connectivity index (χ1) is 7.10. The van der Waals surface area contributed by atoms with Gasteiger partial charge in [-0.3, -0.25) is 0 Å². The summed E-state index contributed by atoms with van der Waals surface area (Å²) < 4.78 is 4.68. The van der Waals surface area contributed by atoms with Crippen LogP contribution in [0.3, 0.4) is 0 Å². The van der Waals surface area contributed by atoms with Crippen LogP contribution in [0.1, 0.15) is 40.0 Å². The lowest BCUT2D eigenvalue weighted by molar-refractivity contribution is 0.0527. The van der Waals surface area contributed by atoms with E-state index in [9.17, 15) is 4.79 Å². The first-order valence-electron chi connectivity index (χ1n) is 5.21. The van der Waals surface area contributed by atoms with Gasteiger partial charge in [-0.25, -0.2) is 4.79 Å². The Kier molecular flexibility index (Phi) is 7.21. The number of carbonyl (C=O) groups excluding carboxylic acids is 1. The predicted octanol–water partition coefficient (Wildman–Crippen LogP) is 3.59. The molecule has 0 bridgehead atoms. The number of hydrogen-bond donors (Lipinski definition) is 3. The van der Waals surface area contributed by atoms with E-state index in [-0.39, 0.29) is 6.09 Å². The fourth-order valence-electron chi connectivity index (χ4n) is 0.980. The Hall–Kier alpha value is 0.450. The lowest BCUT2D eigenvalue weighted by Crippen LogP contribution is -2.33. The van der Waals surface area contributed by atoms with E-state index in [4.69, 9.17) is 4.74 Å². The molecule has 0 radical (unpaired) electrons. The van der Waals surface area contributed by atoms with Crippen LogP contribution in [0.25, 0.3) is 0 Å².